The molecule has 122 valence electrons. The molecule has 0 aliphatic carbocycles. The molecule has 3 aromatic rings. The highest BCUT2D eigenvalue weighted by Crippen LogP contribution is 2.26. The lowest BCUT2D eigenvalue weighted by Gasteiger charge is -2.12. The average molecular weight is 425 g/mol. The maximum Gasteiger partial charge on any atom is 0.257 e. The van der Waals surface area contributed by atoms with Crippen LogP contribution in [0.4, 0.5) is 5.82 Å². The minimum absolute atomic E-state index is 0.227. The fourth-order valence-electron chi connectivity index (χ4n) is 2.23. The highest BCUT2D eigenvalue weighted by atomic mass is 79.9. The van der Waals surface area contributed by atoms with Gasteiger partial charge in [-0.15, -0.1) is 0 Å². The van der Waals surface area contributed by atoms with Gasteiger partial charge in [-0.2, -0.15) is 5.10 Å². The zero-order chi connectivity index (χ0) is 17.1. The summed E-state index contributed by atoms with van der Waals surface area (Å²) < 4.78 is 2.37. The van der Waals surface area contributed by atoms with Crippen LogP contribution in [0.5, 0.6) is 0 Å². The highest BCUT2D eigenvalue weighted by Gasteiger charge is 2.14. The van der Waals surface area contributed by atoms with Crippen molar-refractivity contribution in [1.82, 2.24) is 9.78 Å². The molecule has 4 nitrogen and oxygen atoms in total. The number of rotatable bonds is 4. The Hall–Kier alpha value is -1.82. The second-order valence-corrected chi connectivity index (χ2v) is 6.68. The van der Waals surface area contributed by atoms with Gasteiger partial charge in [0.2, 0.25) is 0 Å². The van der Waals surface area contributed by atoms with E-state index in [4.69, 9.17) is 23.2 Å². The summed E-state index contributed by atoms with van der Waals surface area (Å²) in [5, 5.41) is 8.20. The first-order valence-corrected chi connectivity index (χ1v) is 8.61. The van der Waals surface area contributed by atoms with Gasteiger partial charge < -0.3 is 5.32 Å². The third-order valence-electron chi connectivity index (χ3n) is 3.45. The van der Waals surface area contributed by atoms with Gasteiger partial charge in [-0.25, -0.2) is 4.68 Å². The molecule has 0 aliphatic rings. The van der Waals surface area contributed by atoms with E-state index in [1.54, 1.807) is 47.3 Å². The molecule has 1 amide bonds. The third-order valence-corrected chi connectivity index (χ3v) is 4.85. The van der Waals surface area contributed by atoms with Crippen molar-refractivity contribution in [3.63, 3.8) is 0 Å². The number of nitrogens with one attached hydrogen (secondary N) is 1. The van der Waals surface area contributed by atoms with Crippen LogP contribution in [-0.2, 0) is 6.54 Å². The molecule has 7 heteroatoms. The van der Waals surface area contributed by atoms with Crippen LogP contribution in [0, 0.1) is 0 Å². The quantitative estimate of drug-likeness (QED) is 0.621. The Labute approximate surface area is 157 Å². The van der Waals surface area contributed by atoms with Crippen molar-refractivity contribution in [1.29, 1.82) is 0 Å². The molecular weight excluding hydrogens is 413 g/mol. The smallest absolute Gasteiger partial charge is 0.257 e. The maximum atomic E-state index is 12.4. The Morgan fingerprint density at radius 2 is 1.79 bits per heavy atom. The first-order chi connectivity index (χ1) is 11.6. The molecule has 0 bridgehead atoms. The van der Waals surface area contributed by atoms with E-state index in [1.165, 1.54) is 0 Å². The Balaban J connectivity index is 1.84. The number of carbonyl (C=O) groups excluding carboxylic acids is 1. The summed E-state index contributed by atoms with van der Waals surface area (Å²) in [7, 11) is 0. The zero-order valence-corrected chi connectivity index (χ0v) is 15.4. The third kappa shape index (κ3) is 3.64. The van der Waals surface area contributed by atoms with Crippen molar-refractivity contribution in [2.45, 2.75) is 6.54 Å². The minimum atomic E-state index is -0.227. The lowest BCUT2D eigenvalue weighted by molar-refractivity contribution is 0.102. The summed E-state index contributed by atoms with van der Waals surface area (Å²) in [6.45, 7) is 0.358. The van der Waals surface area contributed by atoms with Gasteiger partial charge in [0.1, 0.15) is 5.82 Å². The molecule has 0 spiro atoms. The van der Waals surface area contributed by atoms with Gasteiger partial charge in [-0.05, 0) is 40.2 Å². The largest absolute Gasteiger partial charge is 0.307 e. The standard InChI is InChI=1S/C17H12BrCl2N3O/c18-13-5-2-1-4-11(13)17(24)22-16-8-9-21-23(16)10-12-14(19)6-3-7-15(12)20/h1-9H,10H2,(H,22,24). The molecule has 3 rings (SSSR count). The monoisotopic (exact) mass is 423 g/mol. The van der Waals surface area contributed by atoms with E-state index in [-0.39, 0.29) is 5.91 Å². The van der Waals surface area contributed by atoms with Crippen LogP contribution >= 0.6 is 39.1 Å². The summed E-state index contributed by atoms with van der Waals surface area (Å²) in [4.78, 5) is 12.4. The summed E-state index contributed by atoms with van der Waals surface area (Å²) in [5.74, 6) is 0.334. The lowest BCUT2D eigenvalue weighted by Crippen LogP contribution is -2.16. The maximum absolute atomic E-state index is 12.4. The van der Waals surface area contributed by atoms with Crippen LogP contribution in [0.1, 0.15) is 15.9 Å². The van der Waals surface area contributed by atoms with E-state index < -0.39 is 0 Å². The number of anilines is 1. The van der Waals surface area contributed by atoms with Crippen molar-refractivity contribution >= 4 is 50.9 Å². The predicted octanol–water partition coefficient (Wildman–Crippen LogP) is 5.25. The molecule has 24 heavy (non-hydrogen) atoms. The Bertz CT molecular complexity index is 875. The van der Waals surface area contributed by atoms with Crippen LogP contribution in [-0.4, -0.2) is 15.7 Å². The number of halogens is 3. The normalized spacial score (nSPS) is 10.6. The van der Waals surface area contributed by atoms with Gasteiger partial charge in [0, 0.05) is 26.1 Å². The van der Waals surface area contributed by atoms with Crippen molar-refractivity contribution in [3.05, 3.63) is 80.4 Å². The van der Waals surface area contributed by atoms with Gasteiger partial charge >= 0.3 is 0 Å². The first kappa shape index (κ1) is 17.0. The first-order valence-electron chi connectivity index (χ1n) is 7.07. The SMILES string of the molecule is O=C(Nc1ccnn1Cc1c(Cl)cccc1Cl)c1ccccc1Br. The Morgan fingerprint density at radius 1 is 1.08 bits per heavy atom. The van der Waals surface area contributed by atoms with Crippen molar-refractivity contribution in [3.8, 4) is 0 Å². The lowest BCUT2D eigenvalue weighted by atomic mass is 10.2. The Morgan fingerprint density at radius 3 is 2.50 bits per heavy atom. The molecule has 1 heterocycles. The van der Waals surface area contributed by atoms with Crippen molar-refractivity contribution in [2.24, 2.45) is 0 Å². The molecule has 0 atom stereocenters. The topological polar surface area (TPSA) is 46.9 Å². The van der Waals surface area contributed by atoms with E-state index in [0.717, 1.165) is 10.0 Å². The fourth-order valence-corrected chi connectivity index (χ4v) is 3.21. The summed E-state index contributed by atoms with van der Waals surface area (Å²) >= 11 is 15.8. The van der Waals surface area contributed by atoms with E-state index in [0.29, 0.717) is 28.0 Å². The van der Waals surface area contributed by atoms with Crippen LogP contribution in [0.15, 0.2) is 59.2 Å². The number of carbonyl (C=O) groups is 1. The molecule has 2 aromatic carbocycles. The summed E-state index contributed by atoms with van der Waals surface area (Å²) in [5.41, 5.74) is 1.29. The second-order valence-electron chi connectivity index (χ2n) is 5.01. The van der Waals surface area contributed by atoms with E-state index in [2.05, 4.69) is 26.3 Å². The number of amides is 1. The van der Waals surface area contributed by atoms with E-state index in [1.807, 2.05) is 12.1 Å². The number of aromatic nitrogens is 2. The van der Waals surface area contributed by atoms with Crippen LogP contribution < -0.4 is 5.32 Å². The Kier molecular flexibility index (Phi) is 5.23. The van der Waals surface area contributed by atoms with E-state index in [9.17, 15) is 4.79 Å². The molecule has 0 aliphatic heterocycles. The highest BCUT2D eigenvalue weighted by molar-refractivity contribution is 9.10. The molecular formula is C17H12BrCl2N3O. The van der Waals surface area contributed by atoms with Crippen LogP contribution in [0.2, 0.25) is 10.0 Å². The van der Waals surface area contributed by atoms with Crippen LogP contribution in [0.3, 0.4) is 0 Å². The number of benzene rings is 2. The minimum Gasteiger partial charge on any atom is -0.307 e. The van der Waals surface area contributed by atoms with Gasteiger partial charge in [0.15, 0.2) is 0 Å². The van der Waals surface area contributed by atoms with Gasteiger partial charge in [-0.1, -0.05) is 41.4 Å². The average Bonchev–Trinajstić information content (AvgIpc) is 2.98. The van der Waals surface area contributed by atoms with Crippen molar-refractivity contribution in [2.75, 3.05) is 5.32 Å². The number of hydrogen-bond acceptors (Lipinski definition) is 2. The fraction of sp³-hybridized carbons (Fsp3) is 0.0588. The molecule has 0 saturated heterocycles. The van der Waals surface area contributed by atoms with E-state index >= 15 is 0 Å². The number of hydrogen-bond donors (Lipinski definition) is 1. The van der Waals surface area contributed by atoms with Gasteiger partial charge in [0.25, 0.3) is 5.91 Å². The molecule has 0 unspecified atom stereocenters. The van der Waals surface area contributed by atoms with Crippen molar-refractivity contribution < 1.29 is 4.79 Å². The molecule has 0 fully saturated rings. The zero-order valence-electron chi connectivity index (χ0n) is 12.3. The molecule has 1 N–H and O–H groups in total. The second kappa shape index (κ2) is 7.38. The summed E-state index contributed by atoms with van der Waals surface area (Å²) in [6, 6.07) is 14.3. The predicted molar refractivity (Wildman–Crippen MR) is 99.9 cm³/mol. The molecule has 0 saturated carbocycles. The van der Waals surface area contributed by atoms with Gasteiger partial charge in [0.05, 0.1) is 18.3 Å². The van der Waals surface area contributed by atoms with Crippen LogP contribution in [0.25, 0.3) is 0 Å². The summed E-state index contributed by atoms with van der Waals surface area (Å²) in [6.07, 6.45) is 1.61. The molecule has 1 aromatic heterocycles. The molecule has 0 radical (unpaired) electrons. The number of nitrogens with zero attached hydrogens (tertiary/aromatic N) is 2. The van der Waals surface area contributed by atoms with Gasteiger partial charge in [-0.3, -0.25) is 4.79 Å².